The van der Waals surface area contributed by atoms with Crippen molar-refractivity contribution in [2.75, 3.05) is 19.8 Å². The van der Waals surface area contributed by atoms with Crippen molar-refractivity contribution in [1.82, 2.24) is 15.5 Å². The molecule has 0 unspecified atom stereocenters. The van der Waals surface area contributed by atoms with Crippen LogP contribution >= 0.6 is 0 Å². The summed E-state index contributed by atoms with van der Waals surface area (Å²) in [5, 5.41) is 7.03. The minimum Gasteiger partial charge on any atom is -0.486 e. The van der Waals surface area contributed by atoms with Crippen LogP contribution in [0.25, 0.3) is 11.6 Å². The summed E-state index contributed by atoms with van der Waals surface area (Å²) in [7, 11) is 0. The summed E-state index contributed by atoms with van der Waals surface area (Å²) in [4.78, 5) is 16.8. The third kappa shape index (κ3) is 4.15. The molecular formula is C23H25N3O5. The number of hydrogen-bond acceptors (Lipinski definition) is 7. The standard InChI is InChI=1S/C23H25N3O5/c27-20(7-8-21-25-22(26-31-21)18-4-3-11-28-18)24-15-23(9-1-2-10-23)16-5-6-17-19(14-16)30-13-12-29-17/h3-6,11,14H,1-2,7-10,12-13,15H2,(H,24,27). The number of furan rings is 1. The van der Waals surface area contributed by atoms with Gasteiger partial charge in [-0.15, -0.1) is 0 Å². The molecule has 0 saturated heterocycles. The third-order valence-corrected chi connectivity index (χ3v) is 6.11. The van der Waals surface area contributed by atoms with Crippen molar-refractivity contribution >= 4 is 5.91 Å². The Labute approximate surface area is 179 Å². The van der Waals surface area contributed by atoms with E-state index in [2.05, 4.69) is 27.6 Å². The minimum absolute atomic E-state index is 0.0263. The summed E-state index contributed by atoms with van der Waals surface area (Å²) in [5.74, 6) is 2.92. The summed E-state index contributed by atoms with van der Waals surface area (Å²) >= 11 is 0. The second-order valence-electron chi connectivity index (χ2n) is 8.11. The van der Waals surface area contributed by atoms with Crippen LogP contribution in [0.5, 0.6) is 11.5 Å². The molecule has 1 aliphatic carbocycles. The molecule has 0 radical (unpaired) electrons. The van der Waals surface area contributed by atoms with Gasteiger partial charge < -0.3 is 23.7 Å². The Hall–Kier alpha value is -3.29. The topological polar surface area (TPSA) is 99.6 Å². The number of benzene rings is 1. The van der Waals surface area contributed by atoms with E-state index in [9.17, 15) is 4.79 Å². The first-order valence-corrected chi connectivity index (χ1v) is 10.8. The molecule has 1 amide bonds. The number of nitrogens with one attached hydrogen (secondary N) is 1. The molecule has 1 fully saturated rings. The van der Waals surface area contributed by atoms with Crippen LogP contribution in [0.3, 0.4) is 0 Å². The Morgan fingerprint density at radius 3 is 2.74 bits per heavy atom. The van der Waals surface area contributed by atoms with Crippen molar-refractivity contribution in [3.8, 4) is 23.1 Å². The Bertz CT molecular complexity index is 1040. The van der Waals surface area contributed by atoms with E-state index >= 15 is 0 Å². The Balaban J connectivity index is 1.20. The van der Waals surface area contributed by atoms with Gasteiger partial charge in [0.1, 0.15) is 13.2 Å². The highest BCUT2D eigenvalue weighted by Gasteiger charge is 2.36. The zero-order chi connectivity index (χ0) is 21.1. The summed E-state index contributed by atoms with van der Waals surface area (Å²) in [5.41, 5.74) is 1.14. The summed E-state index contributed by atoms with van der Waals surface area (Å²) in [6.07, 6.45) is 6.63. The van der Waals surface area contributed by atoms with Crippen LogP contribution in [-0.2, 0) is 16.6 Å². The molecule has 1 N–H and O–H groups in total. The summed E-state index contributed by atoms with van der Waals surface area (Å²) < 4.78 is 21.9. The highest BCUT2D eigenvalue weighted by atomic mass is 16.6. The monoisotopic (exact) mass is 423 g/mol. The first-order chi connectivity index (χ1) is 15.2. The lowest BCUT2D eigenvalue weighted by atomic mass is 9.78. The largest absolute Gasteiger partial charge is 0.486 e. The van der Waals surface area contributed by atoms with Crippen molar-refractivity contribution in [3.05, 3.63) is 48.0 Å². The van der Waals surface area contributed by atoms with Crippen molar-refractivity contribution in [2.45, 2.75) is 43.9 Å². The zero-order valence-corrected chi connectivity index (χ0v) is 17.3. The van der Waals surface area contributed by atoms with Crippen molar-refractivity contribution in [2.24, 2.45) is 0 Å². The van der Waals surface area contributed by atoms with Crippen LogP contribution in [0.4, 0.5) is 0 Å². The van der Waals surface area contributed by atoms with Crippen LogP contribution in [0.1, 0.15) is 43.6 Å². The van der Waals surface area contributed by atoms with Gasteiger partial charge in [-0.1, -0.05) is 24.1 Å². The quantitative estimate of drug-likeness (QED) is 0.619. The first-order valence-electron chi connectivity index (χ1n) is 10.8. The molecule has 3 heterocycles. The van der Waals surface area contributed by atoms with Gasteiger partial charge in [-0.05, 0) is 42.7 Å². The number of carbonyl (C=O) groups excluding carboxylic acids is 1. The van der Waals surface area contributed by atoms with E-state index in [0.29, 0.717) is 43.7 Å². The number of nitrogens with zero attached hydrogens (tertiary/aromatic N) is 2. The molecule has 1 aliphatic heterocycles. The molecule has 3 aromatic rings. The molecule has 0 atom stereocenters. The van der Waals surface area contributed by atoms with Gasteiger partial charge in [0.05, 0.1) is 6.26 Å². The number of carbonyl (C=O) groups is 1. The number of amides is 1. The molecule has 31 heavy (non-hydrogen) atoms. The van der Waals surface area contributed by atoms with Crippen LogP contribution in [0, 0.1) is 0 Å². The van der Waals surface area contributed by atoms with Crippen molar-refractivity contribution in [1.29, 1.82) is 0 Å². The fourth-order valence-corrected chi connectivity index (χ4v) is 4.43. The van der Waals surface area contributed by atoms with Crippen molar-refractivity contribution in [3.63, 3.8) is 0 Å². The minimum atomic E-state index is -0.0670. The van der Waals surface area contributed by atoms with Crippen molar-refractivity contribution < 1.29 is 23.2 Å². The molecular weight excluding hydrogens is 398 g/mol. The molecule has 8 nitrogen and oxygen atoms in total. The lowest BCUT2D eigenvalue weighted by molar-refractivity contribution is -0.121. The van der Waals surface area contributed by atoms with Gasteiger partial charge in [-0.3, -0.25) is 4.79 Å². The van der Waals surface area contributed by atoms with Gasteiger partial charge in [-0.25, -0.2) is 0 Å². The fourth-order valence-electron chi connectivity index (χ4n) is 4.43. The predicted octanol–water partition coefficient (Wildman–Crippen LogP) is 3.66. The molecule has 2 aromatic heterocycles. The number of aromatic nitrogens is 2. The number of aryl methyl sites for hydroxylation is 1. The predicted molar refractivity (Wildman–Crippen MR) is 111 cm³/mol. The molecule has 2 aliphatic rings. The average molecular weight is 423 g/mol. The van der Waals surface area contributed by atoms with Gasteiger partial charge in [0, 0.05) is 24.8 Å². The Morgan fingerprint density at radius 2 is 1.94 bits per heavy atom. The first kappa shape index (κ1) is 19.7. The lowest BCUT2D eigenvalue weighted by Crippen LogP contribution is -2.39. The maximum atomic E-state index is 12.6. The second-order valence-corrected chi connectivity index (χ2v) is 8.11. The molecule has 1 saturated carbocycles. The second kappa shape index (κ2) is 8.45. The summed E-state index contributed by atoms with van der Waals surface area (Å²) in [6, 6.07) is 9.71. The number of fused-ring (bicyclic) bond motifs is 1. The van der Waals surface area contributed by atoms with Gasteiger partial charge in [0.15, 0.2) is 17.3 Å². The highest BCUT2D eigenvalue weighted by Crippen LogP contribution is 2.43. The smallest absolute Gasteiger partial charge is 0.238 e. The molecule has 0 bridgehead atoms. The molecule has 162 valence electrons. The fraction of sp³-hybridized carbons (Fsp3) is 0.435. The number of ether oxygens (including phenoxy) is 2. The Kier molecular flexibility index (Phi) is 5.36. The molecule has 0 spiro atoms. The van der Waals surface area contributed by atoms with E-state index in [1.54, 1.807) is 18.4 Å². The van der Waals surface area contributed by atoms with E-state index in [1.807, 2.05) is 6.07 Å². The molecule has 1 aromatic carbocycles. The van der Waals surface area contributed by atoms with E-state index in [1.165, 1.54) is 5.56 Å². The van der Waals surface area contributed by atoms with E-state index in [-0.39, 0.29) is 17.7 Å². The van der Waals surface area contributed by atoms with E-state index < -0.39 is 0 Å². The van der Waals surface area contributed by atoms with Crippen LogP contribution in [-0.4, -0.2) is 35.8 Å². The number of hydrogen-bond donors (Lipinski definition) is 1. The van der Waals surface area contributed by atoms with Crippen LogP contribution in [0.15, 0.2) is 45.5 Å². The molecule has 8 heteroatoms. The van der Waals surface area contributed by atoms with Gasteiger partial charge in [0.2, 0.25) is 17.6 Å². The van der Waals surface area contributed by atoms with E-state index in [0.717, 1.165) is 37.2 Å². The van der Waals surface area contributed by atoms with E-state index in [4.69, 9.17) is 18.4 Å². The van der Waals surface area contributed by atoms with Gasteiger partial charge in [0.25, 0.3) is 0 Å². The van der Waals surface area contributed by atoms with Crippen LogP contribution in [0.2, 0.25) is 0 Å². The van der Waals surface area contributed by atoms with Gasteiger partial charge in [-0.2, -0.15) is 4.98 Å². The van der Waals surface area contributed by atoms with Crippen LogP contribution < -0.4 is 14.8 Å². The maximum Gasteiger partial charge on any atom is 0.238 e. The number of rotatable bonds is 7. The SMILES string of the molecule is O=C(CCc1nc(-c2ccco2)no1)NCC1(c2ccc3c(c2)OCCO3)CCCC1. The third-order valence-electron chi connectivity index (χ3n) is 6.11. The maximum absolute atomic E-state index is 12.6. The lowest BCUT2D eigenvalue weighted by Gasteiger charge is -2.31. The average Bonchev–Trinajstić information content (AvgIpc) is 3.58. The summed E-state index contributed by atoms with van der Waals surface area (Å²) in [6.45, 7) is 1.75. The highest BCUT2D eigenvalue weighted by molar-refractivity contribution is 5.76. The zero-order valence-electron chi connectivity index (χ0n) is 17.3. The molecule has 5 rings (SSSR count). The van der Waals surface area contributed by atoms with Gasteiger partial charge >= 0.3 is 0 Å². The Morgan fingerprint density at radius 1 is 1.10 bits per heavy atom. The normalized spacial score (nSPS) is 16.9.